The van der Waals surface area contributed by atoms with Gasteiger partial charge in [0.05, 0.1) is 12.0 Å². The van der Waals surface area contributed by atoms with Gasteiger partial charge in [0.1, 0.15) is 0 Å². The first kappa shape index (κ1) is 21.3. The Bertz CT molecular complexity index is 1010. The first-order valence-electron chi connectivity index (χ1n) is 9.84. The predicted molar refractivity (Wildman–Crippen MR) is 118 cm³/mol. The van der Waals surface area contributed by atoms with Crippen molar-refractivity contribution in [1.82, 2.24) is 4.90 Å². The first-order chi connectivity index (χ1) is 14.4. The molecule has 0 aliphatic rings. The molecule has 0 saturated heterocycles. The van der Waals surface area contributed by atoms with Gasteiger partial charge < -0.3 is 15.7 Å². The van der Waals surface area contributed by atoms with Gasteiger partial charge in [-0.2, -0.15) is 0 Å². The number of benzene rings is 3. The fourth-order valence-corrected chi connectivity index (χ4v) is 3.56. The second-order valence-electron chi connectivity index (χ2n) is 7.47. The van der Waals surface area contributed by atoms with Gasteiger partial charge in [-0.15, -0.1) is 0 Å². The van der Waals surface area contributed by atoms with Crippen LogP contribution < -0.4 is 5.73 Å². The fraction of sp³-hybridized carbons (Fsp3) is 0.200. The number of hydrogen-bond acceptors (Lipinski definition) is 3. The number of hydrogen-bond donors (Lipinski definition) is 2. The number of nitrogens with two attached hydrogens (primary N) is 1. The molecule has 3 rings (SSSR count). The molecule has 0 bridgehead atoms. The quantitative estimate of drug-likeness (QED) is 0.634. The van der Waals surface area contributed by atoms with Crippen LogP contribution in [0, 0.1) is 0 Å². The molecule has 2 unspecified atom stereocenters. The van der Waals surface area contributed by atoms with Crippen molar-refractivity contribution in [2.45, 2.75) is 25.5 Å². The molecule has 0 aromatic heterocycles. The Morgan fingerprint density at radius 1 is 0.933 bits per heavy atom. The number of rotatable bonds is 7. The van der Waals surface area contributed by atoms with Crippen LogP contribution in [0.5, 0.6) is 0 Å². The van der Waals surface area contributed by atoms with Crippen LogP contribution in [0.2, 0.25) is 0 Å². The minimum atomic E-state index is -0.852. The van der Waals surface area contributed by atoms with Crippen LogP contribution >= 0.6 is 0 Å². The lowest BCUT2D eigenvalue weighted by atomic mass is 9.92. The summed E-state index contributed by atoms with van der Waals surface area (Å²) in [6, 6.07) is 24.6. The summed E-state index contributed by atoms with van der Waals surface area (Å²) in [6.07, 6.45) is -0.852. The third-order valence-corrected chi connectivity index (χ3v) is 5.11. The van der Waals surface area contributed by atoms with Gasteiger partial charge in [0.15, 0.2) is 0 Å². The number of aliphatic hydroxyl groups is 1. The lowest BCUT2D eigenvalue weighted by Crippen LogP contribution is -2.29. The van der Waals surface area contributed by atoms with E-state index < -0.39 is 17.9 Å². The molecule has 5 heteroatoms. The molecule has 30 heavy (non-hydrogen) atoms. The molecule has 2 atom stereocenters. The fourth-order valence-electron chi connectivity index (χ4n) is 3.56. The third kappa shape index (κ3) is 4.93. The zero-order chi connectivity index (χ0) is 21.7. The Kier molecular flexibility index (Phi) is 6.65. The van der Waals surface area contributed by atoms with Crippen molar-refractivity contribution in [2.24, 2.45) is 5.73 Å². The van der Waals surface area contributed by atoms with Crippen LogP contribution in [0.15, 0.2) is 78.9 Å². The minimum absolute atomic E-state index is 0.0269. The van der Waals surface area contributed by atoms with Gasteiger partial charge in [-0.25, -0.2) is 0 Å². The maximum Gasteiger partial charge on any atom is 0.253 e. The van der Waals surface area contributed by atoms with E-state index in [1.54, 1.807) is 18.9 Å². The van der Waals surface area contributed by atoms with E-state index in [2.05, 4.69) is 0 Å². The van der Waals surface area contributed by atoms with Crippen molar-refractivity contribution in [3.63, 3.8) is 0 Å². The third-order valence-electron chi connectivity index (χ3n) is 5.11. The van der Waals surface area contributed by atoms with Crippen molar-refractivity contribution < 1.29 is 14.7 Å². The summed E-state index contributed by atoms with van der Waals surface area (Å²) in [6.45, 7) is 2.05. The molecule has 0 aliphatic heterocycles. The van der Waals surface area contributed by atoms with Crippen molar-refractivity contribution in [3.05, 3.63) is 95.6 Å². The molecule has 2 amide bonds. The molecule has 3 N–H and O–H groups in total. The summed E-state index contributed by atoms with van der Waals surface area (Å²) in [5.74, 6) is -1.31. The van der Waals surface area contributed by atoms with E-state index >= 15 is 0 Å². The highest BCUT2D eigenvalue weighted by molar-refractivity contribution is 5.94. The molecule has 154 valence electrons. The van der Waals surface area contributed by atoms with Gasteiger partial charge in [-0.1, -0.05) is 60.7 Å². The second kappa shape index (κ2) is 9.37. The van der Waals surface area contributed by atoms with E-state index in [4.69, 9.17) is 5.73 Å². The molecule has 0 aliphatic carbocycles. The molecule has 3 aromatic carbocycles. The van der Waals surface area contributed by atoms with Gasteiger partial charge in [-0.3, -0.25) is 9.59 Å². The predicted octanol–water partition coefficient (Wildman–Crippen LogP) is 3.58. The number of nitrogens with zero attached hydrogens (tertiary/aromatic N) is 1. The maximum atomic E-state index is 12.6. The summed E-state index contributed by atoms with van der Waals surface area (Å²) in [7, 11) is 1.79. The highest BCUT2D eigenvalue weighted by Gasteiger charge is 2.23. The number of primary amides is 1. The number of aliphatic hydroxyl groups excluding tert-OH is 1. The topological polar surface area (TPSA) is 83.6 Å². The Balaban J connectivity index is 1.77. The van der Waals surface area contributed by atoms with Crippen LogP contribution in [0.4, 0.5) is 0 Å². The maximum absolute atomic E-state index is 12.6. The summed E-state index contributed by atoms with van der Waals surface area (Å²) in [5, 5.41) is 9.84. The Labute approximate surface area is 176 Å². The average Bonchev–Trinajstić information content (AvgIpc) is 2.74. The smallest absolute Gasteiger partial charge is 0.253 e. The van der Waals surface area contributed by atoms with Crippen LogP contribution in [0.3, 0.4) is 0 Å². The number of amides is 2. The molecule has 3 aromatic rings. The van der Waals surface area contributed by atoms with E-state index in [0.717, 1.165) is 16.7 Å². The molecule has 0 radical (unpaired) electrons. The van der Waals surface area contributed by atoms with E-state index in [-0.39, 0.29) is 5.91 Å². The summed E-state index contributed by atoms with van der Waals surface area (Å²) < 4.78 is 0. The normalized spacial score (nSPS) is 12.8. The van der Waals surface area contributed by atoms with E-state index in [1.165, 1.54) is 0 Å². The molecule has 0 saturated carbocycles. The van der Waals surface area contributed by atoms with Gasteiger partial charge in [0.2, 0.25) is 5.91 Å². The molecule has 0 heterocycles. The van der Waals surface area contributed by atoms with Crippen molar-refractivity contribution in [1.29, 1.82) is 0 Å². The Morgan fingerprint density at radius 2 is 1.60 bits per heavy atom. The monoisotopic (exact) mass is 402 g/mol. The van der Waals surface area contributed by atoms with Gasteiger partial charge in [0.25, 0.3) is 5.91 Å². The van der Waals surface area contributed by atoms with Crippen LogP contribution in [-0.4, -0.2) is 35.0 Å². The zero-order valence-electron chi connectivity index (χ0n) is 17.2. The Hall–Kier alpha value is -3.44. The van der Waals surface area contributed by atoms with Gasteiger partial charge in [0, 0.05) is 19.2 Å². The lowest BCUT2D eigenvalue weighted by molar-refractivity contribution is -0.121. The van der Waals surface area contributed by atoms with Crippen LogP contribution in [-0.2, 0) is 11.3 Å². The van der Waals surface area contributed by atoms with Crippen molar-refractivity contribution >= 4 is 11.8 Å². The van der Waals surface area contributed by atoms with E-state index in [0.29, 0.717) is 17.7 Å². The highest BCUT2D eigenvalue weighted by atomic mass is 16.3. The molecule has 0 fully saturated rings. The second-order valence-corrected chi connectivity index (χ2v) is 7.47. The molecular weight excluding hydrogens is 376 g/mol. The SMILES string of the molecule is CC(O)C(C(N)=O)c1ccc(-c2cccc(CN(C)C(=O)c3ccccc3)c2)cc1. The lowest BCUT2D eigenvalue weighted by Gasteiger charge is -2.18. The Morgan fingerprint density at radius 3 is 2.20 bits per heavy atom. The number of carbonyl (C=O) groups is 2. The first-order valence-corrected chi connectivity index (χ1v) is 9.84. The molecule has 0 spiro atoms. The van der Waals surface area contributed by atoms with Gasteiger partial charge >= 0.3 is 0 Å². The van der Waals surface area contributed by atoms with Crippen molar-refractivity contribution in [3.8, 4) is 11.1 Å². The summed E-state index contributed by atoms with van der Waals surface area (Å²) in [5.41, 5.74) is 9.77. The van der Waals surface area contributed by atoms with Crippen LogP contribution in [0.25, 0.3) is 11.1 Å². The largest absolute Gasteiger partial charge is 0.392 e. The van der Waals surface area contributed by atoms with Crippen LogP contribution in [0.1, 0.15) is 34.3 Å². The van der Waals surface area contributed by atoms with Crippen molar-refractivity contribution in [2.75, 3.05) is 7.05 Å². The standard InChI is InChI=1S/C25H26N2O3/c1-17(28)23(24(26)29)20-13-11-19(12-14-20)22-10-6-7-18(15-22)16-27(2)25(30)21-8-4-3-5-9-21/h3-15,17,23,28H,16H2,1-2H3,(H2,26,29). The number of carbonyl (C=O) groups excluding carboxylic acids is 2. The van der Waals surface area contributed by atoms with Gasteiger partial charge in [-0.05, 0) is 47.4 Å². The minimum Gasteiger partial charge on any atom is -0.392 e. The average molecular weight is 402 g/mol. The summed E-state index contributed by atoms with van der Waals surface area (Å²) >= 11 is 0. The highest BCUT2D eigenvalue weighted by Crippen LogP contribution is 2.26. The molecular formula is C25H26N2O3. The molecule has 5 nitrogen and oxygen atoms in total. The summed E-state index contributed by atoms with van der Waals surface area (Å²) in [4.78, 5) is 25.9. The zero-order valence-corrected chi connectivity index (χ0v) is 17.2. The van der Waals surface area contributed by atoms with E-state index in [1.807, 2.05) is 78.9 Å². The van der Waals surface area contributed by atoms with E-state index in [9.17, 15) is 14.7 Å².